The molecule has 100 valence electrons. The van der Waals surface area contributed by atoms with E-state index in [2.05, 4.69) is 26.0 Å². The first-order valence-corrected chi connectivity index (χ1v) is 8.54. The zero-order valence-electron chi connectivity index (χ0n) is 11.5. The van der Waals surface area contributed by atoms with Gasteiger partial charge in [-0.05, 0) is 25.3 Å². The van der Waals surface area contributed by atoms with Crippen LogP contribution in [0.15, 0.2) is 12.1 Å². The van der Waals surface area contributed by atoms with Gasteiger partial charge in [-0.25, -0.2) is 0 Å². The average Bonchev–Trinajstić information content (AvgIpc) is 2.87. The third-order valence-corrected chi connectivity index (χ3v) is 5.65. The smallest absolute Gasteiger partial charge is 0.175 e. The monoisotopic (exact) mass is 282 g/mol. The molecule has 0 bridgehead atoms. The van der Waals surface area contributed by atoms with E-state index < -0.39 is 0 Å². The summed E-state index contributed by atoms with van der Waals surface area (Å²) in [5.41, 5.74) is 0. The molecule has 1 atom stereocenters. The summed E-state index contributed by atoms with van der Waals surface area (Å²) in [6.45, 7) is 7.42. The minimum absolute atomic E-state index is 0.705. The van der Waals surface area contributed by atoms with Crippen LogP contribution in [-0.2, 0) is 0 Å². The lowest BCUT2D eigenvalue weighted by Gasteiger charge is -2.07. The maximum atomic E-state index is 5.55. The number of hydrogen-bond acceptors (Lipinski definition) is 3. The second-order valence-electron chi connectivity index (χ2n) is 4.77. The maximum Gasteiger partial charge on any atom is 0.175 e. The van der Waals surface area contributed by atoms with Gasteiger partial charge < -0.3 is 4.74 Å². The largest absolute Gasteiger partial charge is 0.484 e. The Kier molecular flexibility index (Phi) is 5.07. The van der Waals surface area contributed by atoms with Crippen molar-refractivity contribution in [2.24, 2.45) is 0 Å². The fraction of sp³-hybridized carbons (Fsp3) is 0.600. The van der Waals surface area contributed by atoms with Gasteiger partial charge in [0.15, 0.2) is 5.06 Å². The maximum absolute atomic E-state index is 5.55. The molecule has 2 aromatic heterocycles. The lowest BCUT2D eigenvalue weighted by atomic mass is 10.0. The Morgan fingerprint density at radius 3 is 2.56 bits per heavy atom. The molecule has 0 spiro atoms. The number of fused-ring (bicyclic) bond motifs is 1. The van der Waals surface area contributed by atoms with E-state index in [1.807, 2.05) is 18.3 Å². The van der Waals surface area contributed by atoms with E-state index in [9.17, 15) is 0 Å². The van der Waals surface area contributed by atoms with Crippen molar-refractivity contribution in [1.29, 1.82) is 0 Å². The lowest BCUT2D eigenvalue weighted by Crippen LogP contribution is -1.89. The molecule has 0 amide bonds. The van der Waals surface area contributed by atoms with Crippen molar-refractivity contribution in [2.45, 2.75) is 52.4 Å². The van der Waals surface area contributed by atoms with Gasteiger partial charge >= 0.3 is 0 Å². The predicted octanol–water partition coefficient (Wildman–Crippen LogP) is 6.05. The van der Waals surface area contributed by atoms with Crippen molar-refractivity contribution in [3.05, 3.63) is 17.0 Å². The number of hydrogen-bond donors (Lipinski definition) is 0. The molecule has 2 aromatic rings. The molecule has 0 N–H and O–H groups in total. The number of ether oxygens (including phenoxy) is 1. The van der Waals surface area contributed by atoms with Crippen molar-refractivity contribution >= 4 is 32.1 Å². The zero-order chi connectivity index (χ0) is 13.0. The van der Waals surface area contributed by atoms with Gasteiger partial charge in [0, 0.05) is 20.3 Å². The van der Waals surface area contributed by atoms with Gasteiger partial charge in [0.25, 0.3) is 0 Å². The highest BCUT2D eigenvalue weighted by molar-refractivity contribution is 7.28. The summed E-state index contributed by atoms with van der Waals surface area (Å²) in [7, 11) is 0. The first kappa shape index (κ1) is 13.9. The van der Waals surface area contributed by atoms with Crippen molar-refractivity contribution in [3.63, 3.8) is 0 Å². The van der Waals surface area contributed by atoms with Gasteiger partial charge in [0.05, 0.1) is 6.61 Å². The highest BCUT2D eigenvalue weighted by atomic mass is 32.1. The van der Waals surface area contributed by atoms with Gasteiger partial charge in [-0.1, -0.05) is 44.4 Å². The molecule has 2 rings (SSSR count). The number of thiophene rings is 2. The molecule has 0 saturated carbocycles. The Morgan fingerprint density at radius 1 is 1.11 bits per heavy atom. The van der Waals surface area contributed by atoms with Crippen LogP contribution < -0.4 is 4.74 Å². The zero-order valence-corrected chi connectivity index (χ0v) is 13.1. The fourth-order valence-electron chi connectivity index (χ4n) is 2.13. The minimum atomic E-state index is 0.705. The quantitative estimate of drug-likeness (QED) is 0.562. The standard InChI is InChI=1S/C15H22OS2/c1-4-6-7-8-11(3)12-9-13-14(17-12)10-15(18-13)16-5-2/h9-11H,4-8H2,1-3H3. The summed E-state index contributed by atoms with van der Waals surface area (Å²) in [5, 5.41) is 1.06. The predicted molar refractivity (Wildman–Crippen MR) is 83.4 cm³/mol. The molecule has 1 nitrogen and oxygen atoms in total. The number of rotatable bonds is 7. The minimum Gasteiger partial charge on any atom is -0.484 e. The van der Waals surface area contributed by atoms with Crippen molar-refractivity contribution in [2.75, 3.05) is 6.61 Å². The van der Waals surface area contributed by atoms with Crippen LogP contribution in [0.4, 0.5) is 0 Å². The molecule has 3 heteroatoms. The molecule has 1 unspecified atom stereocenters. The molecular formula is C15H22OS2. The van der Waals surface area contributed by atoms with E-state index in [4.69, 9.17) is 4.74 Å². The third-order valence-electron chi connectivity index (χ3n) is 3.22. The molecule has 0 aliphatic carbocycles. The lowest BCUT2D eigenvalue weighted by molar-refractivity contribution is 0.350. The number of unbranched alkanes of at least 4 members (excludes halogenated alkanes) is 2. The topological polar surface area (TPSA) is 9.23 Å². The Balaban J connectivity index is 2.03. The molecule has 0 aliphatic rings. The van der Waals surface area contributed by atoms with Crippen LogP contribution in [0, 0.1) is 0 Å². The van der Waals surface area contributed by atoms with E-state index in [0.717, 1.165) is 11.7 Å². The summed E-state index contributed by atoms with van der Waals surface area (Å²) in [6, 6.07) is 4.56. The van der Waals surface area contributed by atoms with E-state index in [1.54, 1.807) is 11.3 Å². The summed E-state index contributed by atoms with van der Waals surface area (Å²) in [4.78, 5) is 1.54. The normalized spacial score (nSPS) is 13.1. The van der Waals surface area contributed by atoms with E-state index in [0.29, 0.717) is 5.92 Å². The van der Waals surface area contributed by atoms with Gasteiger partial charge in [0.2, 0.25) is 0 Å². The van der Waals surface area contributed by atoms with Crippen LogP contribution in [0.1, 0.15) is 57.2 Å². The molecule has 0 radical (unpaired) electrons. The van der Waals surface area contributed by atoms with Crippen LogP contribution in [0.25, 0.3) is 9.40 Å². The molecule has 0 aliphatic heterocycles. The van der Waals surface area contributed by atoms with Gasteiger partial charge in [-0.2, -0.15) is 0 Å². The third kappa shape index (κ3) is 3.27. The van der Waals surface area contributed by atoms with Crippen molar-refractivity contribution in [1.82, 2.24) is 0 Å². The molecule has 18 heavy (non-hydrogen) atoms. The molecule has 0 aromatic carbocycles. The summed E-state index contributed by atoms with van der Waals surface area (Å²) < 4.78 is 8.33. The Morgan fingerprint density at radius 2 is 1.89 bits per heavy atom. The summed E-state index contributed by atoms with van der Waals surface area (Å²) in [6.07, 6.45) is 5.34. The Labute approximate surface area is 118 Å². The van der Waals surface area contributed by atoms with Crippen molar-refractivity contribution < 1.29 is 4.74 Å². The molecule has 2 heterocycles. The Hall–Kier alpha value is -0.540. The van der Waals surface area contributed by atoms with E-state index in [-0.39, 0.29) is 0 Å². The summed E-state index contributed by atoms with van der Waals surface area (Å²) in [5.74, 6) is 0.705. The second-order valence-corrected chi connectivity index (χ2v) is 6.93. The highest BCUT2D eigenvalue weighted by Crippen LogP contribution is 2.40. The molecule has 0 saturated heterocycles. The van der Waals surface area contributed by atoms with E-state index >= 15 is 0 Å². The first-order valence-electron chi connectivity index (χ1n) is 6.90. The molecule has 0 fully saturated rings. The second kappa shape index (κ2) is 6.58. The van der Waals surface area contributed by atoms with Gasteiger partial charge in [-0.3, -0.25) is 0 Å². The van der Waals surface area contributed by atoms with E-state index in [1.165, 1.54) is 40.0 Å². The van der Waals surface area contributed by atoms with Gasteiger partial charge in [0.1, 0.15) is 0 Å². The van der Waals surface area contributed by atoms with Crippen LogP contribution in [0.5, 0.6) is 5.06 Å². The molecular weight excluding hydrogens is 260 g/mol. The highest BCUT2D eigenvalue weighted by Gasteiger charge is 2.12. The SMILES string of the molecule is CCCCCC(C)c1cc2sc(OCC)cc2s1. The van der Waals surface area contributed by atoms with Crippen LogP contribution in [0.3, 0.4) is 0 Å². The van der Waals surface area contributed by atoms with Crippen LogP contribution in [-0.4, -0.2) is 6.61 Å². The summed E-state index contributed by atoms with van der Waals surface area (Å²) >= 11 is 3.72. The first-order chi connectivity index (χ1) is 8.74. The van der Waals surface area contributed by atoms with Crippen LogP contribution in [0.2, 0.25) is 0 Å². The van der Waals surface area contributed by atoms with Crippen LogP contribution >= 0.6 is 22.7 Å². The Bertz CT molecular complexity index is 452. The van der Waals surface area contributed by atoms with Gasteiger partial charge in [-0.15, -0.1) is 11.3 Å². The fourth-order valence-corrected chi connectivity index (χ4v) is 4.52. The van der Waals surface area contributed by atoms with Crippen molar-refractivity contribution in [3.8, 4) is 5.06 Å². The average molecular weight is 282 g/mol.